The Bertz CT molecular complexity index is 1100. The van der Waals surface area contributed by atoms with Crippen molar-refractivity contribution in [3.05, 3.63) is 53.1 Å². The molecule has 1 saturated heterocycles. The Kier molecular flexibility index (Phi) is 5.05. The summed E-state index contributed by atoms with van der Waals surface area (Å²) in [6.07, 6.45) is 1.80. The van der Waals surface area contributed by atoms with Gasteiger partial charge in [0.2, 0.25) is 5.91 Å². The highest BCUT2D eigenvalue weighted by Crippen LogP contribution is 2.47. The van der Waals surface area contributed by atoms with Crippen LogP contribution >= 0.6 is 11.6 Å². The summed E-state index contributed by atoms with van der Waals surface area (Å²) in [6.45, 7) is 0.997. The third-order valence-corrected chi connectivity index (χ3v) is 6.49. The Balaban J connectivity index is 1.28. The molecular weight excluding hydrogens is 414 g/mol. The number of hydrogen-bond acceptors (Lipinski definition) is 5. The Labute approximate surface area is 185 Å². The number of para-hydroxylation sites is 2. The lowest BCUT2D eigenvalue weighted by Crippen LogP contribution is -2.44. The number of hydrogen-bond donors (Lipinski definition) is 2. The van der Waals surface area contributed by atoms with E-state index in [0.29, 0.717) is 35.3 Å². The Morgan fingerprint density at radius 2 is 2.06 bits per heavy atom. The molecule has 31 heavy (non-hydrogen) atoms. The van der Waals surface area contributed by atoms with Crippen molar-refractivity contribution in [1.82, 2.24) is 10.2 Å². The molecule has 0 spiro atoms. The van der Waals surface area contributed by atoms with E-state index in [4.69, 9.17) is 11.6 Å². The molecule has 3 atom stereocenters. The van der Waals surface area contributed by atoms with Crippen molar-refractivity contribution in [3.63, 3.8) is 0 Å². The van der Waals surface area contributed by atoms with E-state index in [1.807, 2.05) is 24.3 Å². The molecule has 2 aliphatic heterocycles. The number of fused-ring (bicyclic) bond motifs is 3. The molecule has 1 aliphatic carbocycles. The smallest absolute Gasteiger partial charge is 0.260 e. The minimum Gasteiger partial charge on any atom is -0.353 e. The van der Waals surface area contributed by atoms with Gasteiger partial charge in [-0.05, 0) is 49.1 Å². The Hall–Kier alpha value is -3.08. The molecule has 7 nitrogen and oxygen atoms in total. The fourth-order valence-corrected chi connectivity index (χ4v) is 4.82. The number of halogens is 1. The van der Waals surface area contributed by atoms with Crippen molar-refractivity contribution >= 4 is 40.5 Å². The third kappa shape index (κ3) is 3.62. The van der Waals surface area contributed by atoms with E-state index >= 15 is 0 Å². The number of carbonyl (C=O) groups is 2. The first kappa shape index (κ1) is 19.9. The average Bonchev–Trinajstić information content (AvgIpc) is 3.46. The van der Waals surface area contributed by atoms with Crippen LogP contribution in [0.4, 0.5) is 17.1 Å². The molecule has 2 heterocycles. The highest BCUT2D eigenvalue weighted by atomic mass is 35.5. The van der Waals surface area contributed by atoms with Crippen LogP contribution in [-0.2, 0) is 4.79 Å². The van der Waals surface area contributed by atoms with Crippen LogP contribution in [0.15, 0.2) is 42.5 Å². The third-order valence-electron chi connectivity index (χ3n) is 6.25. The quantitative estimate of drug-likeness (QED) is 0.704. The van der Waals surface area contributed by atoms with E-state index < -0.39 is 0 Å². The van der Waals surface area contributed by atoms with Gasteiger partial charge in [0.05, 0.1) is 35.2 Å². The van der Waals surface area contributed by atoms with Crippen molar-refractivity contribution in [2.75, 3.05) is 29.9 Å². The van der Waals surface area contributed by atoms with Gasteiger partial charge in [0.15, 0.2) is 0 Å². The lowest BCUT2D eigenvalue weighted by Gasteiger charge is -2.24. The summed E-state index contributed by atoms with van der Waals surface area (Å²) in [5.41, 5.74) is 2.83. The van der Waals surface area contributed by atoms with E-state index in [1.165, 1.54) is 0 Å². The molecule has 0 bridgehead atoms. The standard InChI is InChI=1S/C23H22ClN5O2/c24-15-5-6-18-17(11-15)23(31)28(20-4-2-1-3-19(20)27-18)8-7-26-13-22(30)29-16(12-25)9-14-10-21(14)29/h1-6,11,14,16,21,26-27H,7-10,13H2/t14-,16+,21+/m1/s1. The number of benzene rings is 2. The average molecular weight is 436 g/mol. The van der Waals surface area contributed by atoms with Crippen LogP contribution in [0.2, 0.25) is 5.02 Å². The van der Waals surface area contributed by atoms with Gasteiger partial charge < -0.3 is 20.4 Å². The van der Waals surface area contributed by atoms with Gasteiger partial charge in [0.25, 0.3) is 5.91 Å². The van der Waals surface area contributed by atoms with Gasteiger partial charge >= 0.3 is 0 Å². The van der Waals surface area contributed by atoms with Gasteiger partial charge in [0.1, 0.15) is 6.04 Å². The zero-order valence-corrected chi connectivity index (χ0v) is 17.6. The fraction of sp³-hybridized carbons (Fsp3) is 0.348. The predicted octanol–water partition coefficient (Wildman–Crippen LogP) is 3.15. The van der Waals surface area contributed by atoms with Crippen LogP contribution in [0.3, 0.4) is 0 Å². The van der Waals surface area contributed by atoms with Crippen LogP contribution in [0.25, 0.3) is 0 Å². The maximum absolute atomic E-state index is 13.3. The molecule has 3 aliphatic rings. The van der Waals surface area contributed by atoms with E-state index in [0.717, 1.165) is 24.2 Å². The number of piperidine rings is 1. The summed E-state index contributed by atoms with van der Waals surface area (Å²) in [5, 5.41) is 16.3. The molecule has 0 unspecified atom stereocenters. The first-order valence-electron chi connectivity index (χ1n) is 10.5. The predicted molar refractivity (Wildman–Crippen MR) is 118 cm³/mol. The van der Waals surface area contributed by atoms with E-state index in [2.05, 4.69) is 16.7 Å². The number of nitrogens with one attached hydrogen (secondary N) is 2. The number of carbonyl (C=O) groups excluding carboxylic acids is 2. The molecule has 158 valence electrons. The number of nitrogens with zero attached hydrogens (tertiary/aromatic N) is 3. The summed E-state index contributed by atoms with van der Waals surface area (Å²) in [5.74, 6) is 0.310. The number of anilines is 3. The maximum atomic E-state index is 13.3. The lowest BCUT2D eigenvalue weighted by molar-refractivity contribution is -0.131. The number of nitriles is 1. The molecule has 2 amide bonds. The van der Waals surface area contributed by atoms with E-state index in [9.17, 15) is 14.9 Å². The van der Waals surface area contributed by atoms with Crippen molar-refractivity contribution in [3.8, 4) is 6.07 Å². The van der Waals surface area contributed by atoms with E-state index in [1.54, 1.807) is 28.0 Å². The van der Waals surface area contributed by atoms with Crippen molar-refractivity contribution in [1.29, 1.82) is 5.26 Å². The van der Waals surface area contributed by atoms with Crippen LogP contribution in [0.5, 0.6) is 0 Å². The van der Waals surface area contributed by atoms with Gasteiger partial charge in [0, 0.05) is 24.2 Å². The monoisotopic (exact) mass is 435 g/mol. The largest absolute Gasteiger partial charge is 0.353 e. The van der Waals surface area contributed by atoms with Gasteiger partial charge in [-0.1, -0.05) is 23.7 Å². The molecule has 2 N–H and O–H groups in total. The fourth-order valence-electron chi connectivity index (χ4n) is 4.65. The van der Waals surface area contributed by atoms with Crippen molar-refractivity contribution in [2.45, 2.75) is 24.9 Å². The van der Waals surface area contributed by atoms with Gasteiger partial charge in [-0.3, -0.25) is 9.59 Å². The molecule has 8 heteroatoms. The van der Waals surface area contributed by atoms with Crippen LogP contribution in [0, 0.1) is 17.2 Å². The summed E-state index contributed by atoms with van der Waals surface area (Å²) < 4.78 is 0. The topological polar surface area (TPSA) is 88.5 Å². The Morgan fingerprint density at radius 3 is 2.90 bits per heavy atom. The number of likely N-dealkylation sites (tertiary alicyclic amines) is 1. The van der Waals surface area contributed by atoms with Crippen LogP contribution < -0.4 is 15.5 Å². The minimum atomic E-state index is -0.301. The molecule has 0 aromatic heterocycles. The van der Waals surface area contributed by atoms with Crippen LogP contribution in [-0.4, -0.2) is 48.4 Å². The maximum Gasteiger partial charge on any atom is 0.260 e. The molecule has 2 aromatic carbocycles. The van der Waals surface area contributed by atoms with Gasteiger partial charge in [-0.15, -0.1) is 0 Å². The first-order valence-corrected chi connectivity index (χ1v) is 10.8. The zero-order chi connectivity index (χ0) is 21.5. The SMILES string of the molecule is N#C[C@@H]1C[C@@H]2C[C@@H]2N1C(=O)CNCCN1C(=O)c2cc(Cl)ccc2Nc2ccccc21. The summed E-state index contributed by atoms with van der Waals surface area (Å²) in [7, 11) is 0. The highest BCUT2D eigenvalue weighted by molar-refractivity contribution is 6.31. The summed E-state index contributed by atoms with van der Waals surface area (Å²) in [6, 6.07) is 15.0. The molecular formula is C23H22ClN5O2. The highest BCUT2D eigenvalue weighted by Gasteiger charge is 2.53. The molecule has 2 aromatic rings. The molecule has 0 radical (unpaired) electrons. The molecule has 5 rings (SSSR count). The molecule has 1 saturated carbocycles. The van der Waals surface area contributed by atoms with Gasteiger partial charge in [-0.2, -0.15) is 5.26 Å². The van der Waals surface area contributed by atoms with Gasteiger partial charge in [-0.25, -0.2) is 0 Å². The summed E-state index contributed by atoms with van der Waals surface area (Å²) >= 11 is 6.14. The number of rotatable bonds is 5. The van der Waals surface area contributed by atoms with Crippen molar-refractivity contribution in [2.24, 2.45) is 5.92 Å². The van der Waals surface area contributed by atoms with Crippen LogP contribution in [0.1, 0.15) is 23.2 Å². The minimum absolute atomic E-state index is 0.0436. The summed E-state index contributed by atoms with van der Waals surface area (Å²) in [4.78, 5) is 29.4. The Morgan fingerprint density at radius 1 is 1.23 bits per heavy atom. The zero-order valence-electron chi connectivity index (χ0n) is 16.8. The first-order chi connectivity index (χ1) is 15.1. The molecule has 2 fully saturated rings. The van der Waals surface area contributed by atoms with E-state index in [-0.39, 0.29) is 30.4 Å². The second-order valence-electron chi connectivity index (χ2n) is 8.21. The lowest BCUT2D eigenvalue weighted by atomic mass is 10.1. The van der Waals surface area contributed by atoms with Crippen molar-refractivity contribution < 1.29 is 9.59 Å². The second-order valence-corrected chi connectivity index (χ2v) is 8.65. The second kappa shape index (κ2) is 7.88. The normalized spacial score (nSPS) is 23.2. The number of amides is 2.